The number of fused-ring (bicyclic) bond motifs is 1. The first-order valence-corrected chi connectivity index (χ1v) is 9.67. The van der Waals surface area contributed by atoms with Crippen LogP contribution >= 0.6 is 23.6 Å². The van der Waals surface area contributed by atoms with E-state index >= 15 is 0 Å². The predicted molar refractivity (Wildman–Crippen MR) is 108 cm³/mol. The van der Waals surface area contributed by atoms with E-state index in [2.05, 4.69) is 22.7 Å². The zero-order valence-corrected chi connectivity index (χ0v) is 16.9. The zero-order valence-electron chi connectivity index (χ0n) is 15.3. The van der Waals surface area contributed by atoms with E-state index in [9.17, 15) is 9.59 Å². The van der Waals surface area contributed by atoms with Crippen molar-refractivity contribution >= 4 is 51.2 Å². The number of hydrogen-bond acceptors (Lipinski definition) is 6. The molecule has 3 rings (SSSR count). The van der Waals surface area contributed by atoms with Crippen molar-refractivity contribution in [1.29, 1.82) is 0 Å². The number of methoxy groups -OCH3 is 1. The molecule has 0 saturated heterocycles. The Morgan fingerprint density at radius 2 is 2.19 bits per heavy atom. The van der Waals surface area contributed by atoms with Gasteiger partial charge in [-0.1, -0.05) is 6.92 Å². The molecule has 27 heavy (non-hydrogen) atoms. The molecule has 0 aliphatic heterocycles. The molecule has 0 fully saturated rings. The summed E-state index contributed by atoms with van der Waals surface area (Å²) < 4.78 is 6.34. The number of nitrogens with two attached hydrogens (primary N) is 1. The molecule has 2 heterocycles. The molecule has 0 saturated carbocycles. The van der Waals surface area contributed by atoms with Crippen LogP contribution in [0.3, 0.4) is 0 Å². The molecule has 1 atom stereocenters. The summed E-state index contributed by atoms with van der Waals surface area (Å²) in [4.78, 5) is 25.1. The second-order valence-corrected chi connectivity index (χ2v) is 8.03. The van der Waals surface area contributed by atoms with E-state index in [1.807, 2.05) is 0 Å². The Balaban J connectivity index is 1.86. The number of nitrogens with zero attached hydrogens (tertiary/aromatic N) is 2. The smallest absolute Gasteiger partial charge is 0.341 e. The number of carbonyl (C=O) groups excluding carboxylic acids is 2. The minimum Gasteiger partial charge on any atom is -0.465 e. The number of amides is 1. The molecule has 1 amide bonds. The number of rotatable bonds is 4. The summed E-state index contributed by atoms with van der Waals surface area (Å²) in [6.45, 7) is 2.20. The molecule has 0 spiro atoms. The molecule has 2 aromatic rings. The second kappa shape index (κ2) is 7.65. The van der Waals surface area contributed by atoms with Gasteiger partial charge in [-0.25, -0.2) is 4.79 Å². The van der Waals surface area contributed by atoms with Gasteiger partial charge >= 0.3 is 5.97 Å². The molecule has 10 heteroatoms. The largest absolute Gasteiger partial charge is 0.465 e. The summed E-state index contributed by atoms with van der Waals surface area (Å²) in [6.07, 6.45) is 4.28. The molecule has 0 bridgehead atoms. The standard InChI is InChI=1S/C17H21N5O3S2/c1-8-4-5-9-11(6-8)27-15(12(9)16(24)25-3)21-17(26)20-10-7-19-22(2)13(10)14(18)23/h7-8H,4-6H2,1-3H3,(H2,18,23)(H2,20,21,26). The number of esters is 1. The molecule has 1 aliphatic rings. The average Bonchev–Trinajstić information content (AvgIpc) is 3.13. The Kier molecular flexibility index (Phi) is 5.47. The topological polar surface area (TPSA) is 111 Å². The maximum absolute atomic E-state index is 12.3. The van der Waals surface area contributed by atoms with Gasteiger partial charge in [0.05, 0.1) is 24.6 Å². The Labute approximate surface area is 166 Å². The Bertz CT molecular complexity index is 918. The third-order valence-corrected chi connectivity index (χ3v) is 5.92. The number of aryl methyl sites for hydroxylation is 1. The van der Waals surface area contributed by atoms with Crippen molar-refractivity contribution in [3.8, 4) is 0 Å². The molecular weight excluding hydrogens is 386 g/mol. The van der Waals surface area contributed by atoms with Crippen LogP contribution in [-0.4, -0.2) is 33.9 Å². The fourth-order valence-electron chi connectivity index (χ4n) is 3.23. The fraction of sp³-hybridized carbons (Fsp3) is 0.412. The summed E-state index contributed by atoms with van der Waals surface area (Å²) in [5, 5.41) is 10.9. The minimum atomic E-state index is -0.615. The molecule has 1 unspecified atom stereocenters. The van der Waals surface area contributed by atoms with Crippen molar-refractivity contribution in [2.75, 3.05) is 17.7 Å². The summed E-state index contributed by atoms with van der Waals surface area (Å²) in [6, 6.07) is 0. The summed E-state index contributed by atoms with van der Waals surface area (Å²) in [5.74, 6) is -0.421. The lowest BCUT2D eigenvalue weighted by Crippen LogP contribution is -2.23. The van der Waals surface area contributed by atoms with Crippen molar-refractivity contribution < 1.29 is 14.3 Å². The number of hydrogen-bond donors (Lipinski definition) is 3. The van der Waals surface area contributed by atoms with Crippen LogP contribution in [0.5, 0.6) is 0 Å². The number of aromatic nitrogens is 2. The number of anilines is 2. The lowest BCUT2D eigenvalue weighted by Gasteiger charge is -2.18. The lowest BCUT2D eigenvalue weighted by atomic mass is 9.88. The first kappa shape index (κ1) is 19.3. The molecule has 8 nitrogen and oxygen atoms in total. The van der Waals surface area contributed by atoms with Crippen LogP contribution in [-0.2, 0) is 24.6 Å². The van der Waals surface area contributed by atoms with Crippen molar-refractivity contribution in [2.45, 2.75) is 26.2 Å². The highest BCUT2D eigenvalue weighted by Gasteiger charge is 2.28. The van der Waals surface area contributed by atoms with E-state index < -0.39 is 5.91 Å². The van der Waals surface area contributed by atoms with Crippen LogP contribution in [0.1, 0.15) is 44.6 Å². The quantitative estimate of drug-likeness (QED) is 0.527. The van der Waals surface area contributed by atoms with Gasteiger partial charge in [0.15, 0.2) is 5.11 Å². The first-order chi connectivity index (χ1) is 12.8. The van der Waals surface area contributed by atoms with Crippen molar-refractivity contribution in [3.05, 3.63) is 27.9 Å². The van der Waals surface area contributed by atoms with Crippen molar-refractivity contribution in [1.82, 2.24) is 9.78 Å². The molecule has 1 aliphatic carbocycles. The Hall–Kier alpha value is -2.46. The van der Waals surface area contributed by atoms with Crippen LogP contribution in [0.15, 0.2) is 6.20 Å². The van der Waals surface area contributed by atoms with Crippen molar-refractivity contribution in [2.24, 2.45) is 18.7 Å². The minimum absolute atomic E-state index is 0.214. The highest BCUT2D eigenvalue weighted by molar-refractivity contribution is 7.80. The summed E-state index contributed by atoms with van der Waals surface area (Å²) >= 11 is 6.87. The lowest BCUT2D eigenvalue weighted by molar-refractivity contribution is 0.0600. The van der Waals surface area contributed by atoms with Crippen LogP contribution in [0.2, 0.25) is 0 Å². The maximum atomic E-state index is 12.3. The van der Waals surface area contributed by atoms with Gasteiger partial charge < -0.3 is 21.1 Å². The number of ether oxygens (including phenoxy) is 1. The van der Waals surface area contributed by atoms with Crippen LogP contribution in [0.25, 0.3) is 0 Å². The molecule has 2 aromatic heterocycles. The van der Waals surface area contributed by atoms with Crippen LogP contribution in [0.4, 0.5) is 10.7 Å². The van der Waals surface area contributed by atoms with Gasteiger partial charge in [-0.15, -0.1) is 11.3 Å². The summed E-state index contributed by atoms with van der Waals surface area (Å²) in [5.41, 5.74) is 7.57. The van der Waals surface area contributed by atoms with E-state index in [-0.39, 0.29) is 16.8 Å². The third kappa shape index (κ3) is 3.81. The van der Waals surface area contributed by atoms with Crippen LogP contribution in [0, 0.1) is 5.92 Å². The monoisotopic (exact) mass is 407 g/mol. The third-order valence-electron chi connectivity index (χ3n) is 4.55. The van der Waals surface area contributed by atoms with E-state index in [1.54, 1.807) is 7.05 Å². The first-order valence-electron chi connectivity index (χ1n) is 8.44. The predicted octanol–water partition coefficient (Wildman–Crippen LogP) is 2.30. The molecular formula is C17H21N5O3S2. The Morgan fingerprint density at radius 3 is 2.85 bits per heavy atom. The van der Waals surface area contributed by atoms with Gasteiger partial charge in [-0.2, -0.15) is 5.10 Å². The highest BCUT2D eigenvalue weighted by atomic mass is 32.1. The number of primary amides is 1. The van der Waals surface area contributed by atoms with E-state index in [0.29, 0.717) is 22.2 Å². The number of thiocarbonyl (C=S) groups is 1. The maximum Gasteiger partial charge on any atom is 0.341 e. The van der Waals surface area contributed by atoms with Gasteiger partial charge in [0.2, 0.25) is 0 Å². The van der Waals surface area contributed by atoms with Gasteiger partial charge in [-0.05, 0) is 43.0 Å². The van der Waals surface area contributed by atoms with Gasteiger partial charge in [0.25, 0.3) is 5.91 Å². The molecule has 144 valence electrons. The van der Waals surface area contributed by atoms with Gasteiger partial charge in [0.1, 0.15) is 10.7 Å². The van der Waals surface area contributed by atoms with E-state index in [1.165, 1.54) is 34.2 Å². The number of carbonyl (C=O) groups is 2. The average molecular weight is 408 g/mol. The molecule has 4 N–H and O–H groups in total. The number of nitrogens with one attached hydrogen (secondary N) is 2. The zero-order chi connectivity index (χ0) is 19.7. The summed E-state index contributed by atoms with van der Waals surface area (Å²) in [7, 11) is 2.98. The normalized spacial score (nSPS) is 15.7. The Morgan fingerprint density at radius 1 is 1.44 bits per heavy atom. The van der Waals surface area contributed by atoms with Crippen LogP contribution < -0.4 is 16.4 Å². The molecule has 0 radical (unpaired) electrons. The van der Waals surface area contributed by atoms with E-state index in [0.717, 1.165) is 24.8 Å². The van der Waals surface area contributed by atoms with E-state index in [4.69, 9.17) is 22.7 Å². The van der Waals surface area contributed by atoms with Crippen molar-refractivity contribution in [3.63, 3.8) is 0 Å². The SMILES string of the molecule is COC(=O)c1c(NC(=S)Nc2cnn(C)c2C(N)=O)sc2c1CCC(C)C2. The molecule has 0 aromatic carbocycles. The second-order valence-electron chi connectivity index (χ2n) is 6.52. The number of thiophene rings is 1. The highest BCUT2D eigenvalue weighted by Crippen LogP contribution is 2.40. The van der Waals surface area contributed by atoms with Gasteiger partial charge in [0, 0.05) is 11.9 Å². The fourth-order valence-corrected chi connectivity index (χ4v) is 4.91. The van der Waals surface area contributed by atoms with Gasteiger partial charge in [-0.3, -0.25) is 9.48 Å².